The minimum Gasteiger partial charge on any atom is -0.497 e. The summed E-state index contributed by atoms with van der Waals surface area (Å²) in [6.07, 6.45) is 0. The van der Waals surface area contributed by atoms with Crippen molar-refractivity contribution in [3.8, 4) is 5.75 Å². The Morgan fingerprint density at radius 2 is 2.11 bits per heavy atom. The Hall–Kier alpha value is -2.04. The summed E-state index contributed by atoms with van der Waals surface area (Å²) in [6.45, 7) is 1.11. The third-order valence-corrected chi connectivity index (χ3v) is 4.01. The van der Waals surface area contributed by atoms with Crippen molar-refractivity contribution in [2.24, 2.45) is 17.8 Å². The largest absolute Gasteiger partial charge is 0.497 e. The van der Waals surface area contributed by atoms with Gasteiger partial charge >= 0.3 is 5.97 Å². The second-order valence-electron chi connectivity index (χ2n) is 5.12. The summed E-state index contributed by atoms with van der Waals surface area (Å²) in [6, 6.07) is 7.56. The molecule has 0 aromatic heterocycles. The van der Waals surface area contributed by atoms with Gasteiger partial charge in [-0.3, -0.25) is 9.59 Å². The summed E-state index contributed by atoms with van der Waals surface area (Å²) in [7, 11) is 1.61. The van der Waals surface area contributed by atoms with Gasteiger partial charge in [0.15, 0.2) is 0 Å². The van der Waals surface area contributed by atoms with Crippen LogP contribution in [0.1, 0.15) is 5.56 Å². The third kappa shape index (κ3) is 1.95. The molecule has 1 N–H and O–H groups in total. The molecule has 1 saturated carbocycles. The Balaban J connectivity index is 1.63. The molecule has 0 radical (unpaired) electrons. The lowest BCUT2D eigenvalue weighted by Crippen LogP contribution is -2.30. The predicted molar refractivity (Wildman–Crippen MR) is 66.5 cm³/mol. The number of carboxylic acids is 1. The smallest absolute Gasteiger partial charge is 0.307 e. The van der Waals surface area contributed by atoms with Crippen LogP contribution in [0.15, 0.2) is 24.3 Å². The number of methoxy groups -OCH3 is 1. The number of likely N-dealkylation sites (tertiary alicyclic amines) is 1. The van der Waals surface area contributed by atoms with Gasteiger partial charge in [-0.05, 0) is 17.7 Å². The van der Waals surface area contributed by atoms with E-state index in [0.29, 0.717) is 13.1 Å². The van der Waals surface area contributed by atoms with Crippen LogP contribution in [0.5, 0.6) is 5.75 Å². The number of carbonyl (C=O) groups is 2. The van der Waals surface area contributed by atoms with Gasteiger partial charge in [0.05, 0.1) is 18.9 Å². The summed E-state index contributed by atoms with van der Waals surface area (Å²) in [5.74, 6) is -0.787. The van der Waals surface area contributed by atoms with Crippen LogP contribution >= 0.6 is 0 Å². The number of benzene rings is 1. The van der Waals surface area contributed by atoms with Gasteiger partial charge in [0.2, 0.25) is 5.91 Å². The van der Waals surface area contributed by atoms with Crippen molar-refractivity contribution < 1.29 is 19.4 Å². The van der Waals surface area contributed by atoms with Crippen LogP contribution in [0, 0.1) is 17.8 Å². The van der Waals surface area contributed by atoms with Crippen molar-refractivity contribution in [3.63, 3.8) is 0 Å². The van der Waals surface area contributed by atoms with Gasteiger partial charge in [0.25, 0.3) is 0 Å². The molecule has 1 saturated heterocycles. The zero-order chi connectivity index (χ0) is 13.6. The van der Waals surface area contributed by atoms with Gasteiger partial charge in [-0.1, -0.05) is 12.1 Å². The van der Waals surface area contributed by atoms with E-state index >= 15 is 0 Å². The molecule has 5 nitrogen and oxygen atoms in total. The average molecular weight is 261 g/mol. The molecular weight excluding hydrogens is 246 g/mol. The van der Waals surface area contributed by atoms with Gasteiger partial charge in [0, 0.05) is 19.0 Å². The molecule has 1 aromatic rings. The Morgan fingerprint density at radius 1 is 1.42 bits per heavy atom. The van der Waals surface area contributed by atoms with Crippen LogP contribution < -0.4 is 4.74 Å². The second-order valence-corrected chi connectivity index (χ2v) is 5.12. The van der Waals surface area contributed by atoms with Crippen molar-refractivity contribution in [2.75, 3.05) is 13.7 Å². The lowest BCUT2D eigenvalue weighted by Gasteiger charge is -2.19. The van der Waals surface area contributed by atoms with E-state index in [-0.39, 0.29) is 17.7 Å². The number of carbonyl (C=O) groups excluding carboxylic acids is 1. The van der Waals surface area contributed by atoms with E-state index < -0.39 is 11.9 Å². The number of amides is 1. The maximum atomic E-state index is 12.0. The molecule has 1 heterocycles. The summed E-state index contributed by atoms with van der Waals surface area (Å²) < 4.78 is 5.08. The highest BCUT2D eigenvalue weighted by Gasteiger charge is 2.64. The van der Waals surface area contributed by atoms with Crippen LogP contribution in [-0.4, -0.2) is 35.5 Å². The molecule has 100 valence electrons. The number of piperidine rings is 1. The van der Waals surface area contributed by atoms with Crippen molar-refractivity contribution in [1.82, 2.24) is 4.90 Å². The zero-order valence-electron chi connectivity index (χ0n) is 10.6. The van der Waals surface area contributed by atoms with Gasteiger partial charge < -0.3 is 14.7 Å². The quantitative estimate of drug-likeness (QED) is 0.877. The standard InChI is InChI=1S/C14H15NO4/c1-19-9-4-2-8(3-5-9)6-15-7-10-11(13(15)16)12(10)14(17)18/h2-5,10-12H,6-7H2,1H3,(H,17,18). The number of fused-ring (bicyclic) bond motifs is 1. The number of nitrogens with zero attached hydrogens (tertiary/aromatic N) is 1. The first-order valence-corrected chi connectivity index (χ1v) is 6.26. The minimum absolute atomic E-state index is 0.0169. The van der Waals surface area contributed by atoms with Gasteiger partial charge in [-0.2, -0.15) is 0 Å². The fourth-order valence-corrected chi connectivity index (χ4v) is 2.92. The van der Waals surface area contributed by atoms with Crippen LogP contribution in [0.2, 0.25) is 0 Å². The van der Waals surface area contributed by atoms with Crippen LogP contribution in [0.4, 0.5) is 0 Å². The molecule has 2 aliphatic rings. The van der Waals surface area contributed by atoms with Gasteiger partial charge in [-0.15, -0.1) is 0 Å². The van der Waals surface area contributed by atoms with E-state index in [2.05, 4.69) is 0 Å². The molecule has 1 aliphatic heterocycles. The molecule has 3 atom stereocenters. The van der Waals surface area contributed by atoms with E-state index in [1.807, 2.05) is 24.3 Å². The minimum atomic E-state index is -0.840. The van der Waals surface area contributed by atoms with Crippen molar-refractivity contribution >= 4 is 11.9 Å². The summed E-state index contributed by atoms with van der Waals surface area (Å²) in [5, 5.41) is 8.93. The van der Waals surface area contributed by atoms with E-state index in [9.17, 15) is 9.59 Å². The molecule has 1 aromatic carbocycles. The molecule has 5 heteroatoms. The van der Waals surface area contributed by atoms with E-state index in [0.717, 1.165) is 11.3 Å². The van der Waals surface area contributed by atoms with Crippen molar-refractivity contribution in [3.05, 3.63) is 29.8 Å². The molecule has 1 amide bonds. The first kappa shape index (κ1) is 12.0. The van der Waals surface area contributed by atoms with Crippen LogP contribution in [0.3, 0.4) is 0 Å². The number of carboxylic acid groups (broad SMARTS) is 1. The average Bonchev–Trinajstić information content (AvgIpc) is 3.04. The molecular formula is C14H15NO4. The fraction of sp³-hybridized carbons (Fsp3) is 0.429. The van der Waals surface area contributed by atoms with E-state index in [4.69, 9.17) is 9.84 Å². The van der Waals surface area contributed by atoms with Crippen LogP contribution in [0.25, 0.3) is 0 Å². The van der Waals surface area contributed by atoms with E-state index in [1.54, 1.807) is 12.0 Å². The maximum Gasteiger partial charge on any atom is 0.307 e. The predicted octanol–water partition coefficient (Wildman–Crippen LogP) is 0.984. The van der Waals surface area contributed by atoms with E-state index in [1.165, 1.54) is 0 Å². The molecule has 3 unspecified atom stereocenters. The molecule has 19 heavy (non-hydrogen) atoms. The molecule has 3 rings (SSSR count). The number of hydrogen-bond donors (Lipinski definition) is 1. The van der Waals surface area contributed by atoms with Gasteiger partial charge in [-0.25, -0.2) is 0 Å². The Bertz CT molecular complexity index is 525. The number of ether oxygens (including phenoxy) is 1. The number of aliphatic carboxylic acids is 1. The van der Waals surface area contributed by atoms with Gasteiger partial charge in [0.1, 0.15) is 5.75 Å². The Morgan fingerprint density at radius 3 is 2.58 bits per heavy atom. The van der Waals surface area contributed by atoms with Crippen molar-refractivity contribution in [1.29, 1.82) is 0 Å². The molecule has 0 spiro atoms. The van der Waals surface area contributed by atoms with Crippen molar-refractivity contribution in [2.45, 2.75) is 6.54 Å². The fourth-order valence-electron chi connectivity index (χ4n) is 2.92. The summed E-state index contributed by atoms with van der Waals surface area (Å²) >= 11 is 0. The number of hydrogen-bond acceptors (Lipinski definition) is 3. The third-order valence-electron chi connectivity index (χ3n) is 4.01. The summed E-state index contributed by atoms with van der Waals surface area (Å²) in [5.41, 5.74) is 1.03. The second kappa shape index (κ2) is 4.26. The number of rotatable bonds is 4. The van der Waals surface area contributed by atoms with Crippen LogP contribution in [-0.2, 0) is 16.1 Å². The molecule has 2 fully saturated rings. The maximum absolute atomic E-state index is 12.0. The zero-order valence-corrected chi connectivity index (χ0v) is 10.6. The highest BCUT2D eigenvalue weighted by Crippen LogP contribution is 2.52. The highest BCUT2D eigenvalue weighted by atomic mass is 16.5. The first-order chi connectivity index (χ1) is 9.11. The molecule has 1 aliphatic carbocycles. The normalized spacial score (nSPS) is 28.2. The highest BCUT2D eigenvalue weighted by molar-refractivity contribution is 5.93. The first-order valence-electron chi connectivity index (χ1n) is 6.26. The lowest BCUT2D eigenvalue weighted by molar-refractivity contribution is -0.143. The Labute approximate surface area is 110 Å². The SMILES string of the molecule is COc1ccc(CN2CC3C(C(=O)O)C3C2=O)cc1. The topological polar surface area (TPSA) is 66.8 Å². The molecule has 0 bridgehead atoms. The Kier molecular flexibility index (Phi) is 2.69. The summed E-state index contributed by atoms with van der Waals surface area (Å²) in [4.78, 5) is 24.6. The monoisotopic (exact) mass is 261 g/mol. The lowest BCUT2D eigenvalue weighted by atomic mass is 10.2.